The van der Waals surface area contributed by atoms with Crippen LogP contribution in [0.2, 0.25) is 0 Å². The first-order valence-corrected chi connectivity index (χ1v) is 5.86. The molecule has 0 bridgehead atoms. The summed E-state index contributed by atoms with van der Waals surface area (Å²) in [4.78, 5) is 10.6. The maximum atomic E-state index is 10.9. The summed E-state index contributed by atoms with van der Waals surface area (Å²) >= 11 is 0. The summed E-state index contributed by atoms with van der Waals surface area (Å²) < 4.78 is 5.95. The Kier molecular flexibility index (Phi) is 2.29. The van der Waals surface area contributed by atoms with Crippen LogP contribution >= 0.6 is 0 Å². The molecule has 17 heavy (non-hydrogen) atoms. The third-order valence-corrected chi connectivity index (χ3v) is 3.62. The molecule has 1 spiro atoms. The minimum Gasteiger partial charge on any atom is -0.480 e. The first-order chi connectivity index (χ1) is 8.20. The average molecular weight is 234 g/mol. The number of benzene rings is 1. The quantitative estimate of drug-likeness (QED) is 0.592. The smallest absolute Gasteiger partial charge is 0.311 e. The molecule has 1 saturated heterocycles. The zero-order valence-electron chi connectivity index (χ0n) is 9.44. The Bertz CT molecular complexity index is 467. The number of nitro groups is 1. The topological polar surface area (TPSA) is 64.4 Å². The lowest BCUT2D eigenvalue weighted by molar-refractivity contribution is -0.386. The maximum Gasteiger partial charge on any atom is 0.311 e. The fraction of sp³-hybridized carbons (Fsp3) is 0.500. The third kappa shape index (κ3) is 1.67. The lowest BCUT2D eigenvalue weighted by Crippen LogP contribution is -2.45. The highest BCUT2D eigenvalue weighted by molar-refractivity contribution is 5.55. The van der Waals surface area contributed by atoms with Gasteiger partial charge in [0.15, 0.2) is 0 Å². The Morgan fingerprint density at radius 2 is 2.12 bits per heavy atom. The highest BCUT2D eigenvalue weighted by Crippen LogP contribution is 2.44. The van der Waals surface area contributed by atoms with E-state index >= 15 is 0 Å². The molecule has 0 atom stereocenters. The van der Waals surface area contributed by atoms with E-state index in [4.69, 9.17) is 4.74 Å². The standard InChI is InChI=1S/C12H14N2O3/c15-14(16)10-3-1-2-9-8-12(17-11(9)10)4-6-13-7-5-12/h1-3,13H,4-8H2. The van der Waals surface area contributed by atoms with Crippen molar-refractivity contribution in [3.05, 3.63) is 33.9 Å². The average Bonchev–Trinajstić information content (AvgIpc) is 2.66. The van der Waals surface area contributed by atoms with Gasteiger partial charge >= 0.3 is 5.69 Å². The molecule has 0 aromatic heterocycles. The number of hydrogen-bond donors (Lipinski definition) is 1. The minimum absolute atomic E-state index is 0.0953. The third-order valence-electron chi connectivity index (χ3n) is 3.62. The van der Waals surface area contributed by atoms with Crippen LogP contribution in [0, 0.1) is 10.1 Å². The van der Waals surface area contributed by atoms with Gasteiger partial charge < -0.3 is 10.1 Å². The van der Waals surface area contributed by atoms with Gasteiger partial charge in [-0.05, 0) is 25.9 Å². The highest BCUT2D eigenvalue weighted by Gasteiger charge is 2.43. The SMILES string of the molecule is O=[N+]([O-])c1cccc2c1OC1(CCNCC1)C2. The van der Waals surface area contributed by atoms with Gasteiger partial charge in [0.05, 0.1) is 4.92 Å². The number of hydrogen-bond acceptors (Lipinski definition) is 4. The molecule has 1 N–H and O–H groups in total. The van der Waals surface area contributed by atoms with Crippen LogP contribution in [0.1, 0.15) is 18.4 Å². The second kappa shape index (κ2) is 3.70. The predicted molar refractivity (Wildman–Crippen MR) is 62.3 cm³/mol. The van der Waals surface area contributed by atoms with E-state index in [0.717, 1.165) is 37.9 Å². The molecule has 5 heteroatoms. The summed E-state index contributed by atoms with van der Waals surface area (Å²) in [5.74, 6) is 0.486. The fourth-order valence-corrected chi connectivity index (χ4v) is 2.73. The Labute approximate surface area is 98.9 Å². The zero-order valence-corrected chi connectivity index (χ0v) is 9.44. The molecule has 5 nitrogen and oxygen atoms in total. The first kappa shape index (κ1) is 10.5. The Hall–Kier alpha value is -1.62. The van der Waals surface area contributed by atoms with Gasteiger partial charge in [-0.2, -0.15) is 0 Å². The van der Waals surface area contributed by atoms with E-state index < -0.39 is 0 Å². The van der Waals surface area contributed by atoms with Crippen molar-refractivity contribution < 1.29 is 9.66 Å². The molecule has 1 fully saturated rings. The number of rotatable bonds is 1. The van der Waals surface area contributed by atoms with E-state index in [9.17, 15) is 10.1 Å². The second-order valence-corrected chi connectivity index (χ2v) is 4.73. The molecular weight excluding hydrogens is 220 g/mol. The summed E-state index contributed by atoms with van der Waals surface area (Å²) in [6.45, 7) is 1.84. The van der Waals surface area contributed by atoms with Gasteiger partial charge in [0.2, 0.25) is 5.75 Å². The summed E-state index contributed by atoms with van der Waals surface area (Å²) in [7, 11) is 0. The Balaban J connectivity index is 1.97. The summed E-state index contributed by atoms with van der Waals surface area (Å²) in [5.41, 5.74) is 0.860. The van der Waals surface area contributed by atoms with Crippen molar-refractivity contribution in [3.8, 4) is 5.75 Å². The van der Waals surface area contributed by atoms with Gasteiger partial charge in [-0.15, -0.1) is 0 Å². The molecule has 3 rings (SSSR count). The summed E-state index contributed by atoms with van der Waals surface area (Å²) in [6.07, 6.45) is 2.63. The molecule has 0 aliphatic carbocycles. The van der Waals surface area contributed by atoms with E-state index in [1.807, 2.05) is 6.07 Å². The zero-order chi connectivity index (χ0) is 11.9. The van der Waals surface area contributed by atoms with E-state index in [1.165, 1.54) is 6.07 Å². The monoisotopic (exact) mass is 234 g/mol. The molecule has 0 amide bonds. The van der Waals surface area contributed by atoms with Crippen molar-refractivity contribution >= 4 is 5.69 Å². The van der Waals surface area contributed by atoms with Gasteiger partial charge in [0.1, 0.15) is 5.60 Å². The van der Waals surface area contributed by atoms with Crippen LogP contribution in [0.4, 0.5) is 5.69 Å². The van der Waals surface area contributed by atoms with E-state index in [-0.39, 0.29) is 16.2 Å². The first-order valence-electron chi connectivity index (χ1n) is 5.86. The van der Waals surface area contributed by atoms with Crippen LogP contribution < -0.4 is 10.1 Å². The normalized spacial score (nSPS) is 20.9. The van der Waals surface area contributed by atoms with Gasteiger partial charge in [-0.3, -0.25) is 10.1 Å². The van der Waals surface area contributed by atoms with Crippen molar-refractivity contribution in [2.24, 2.45) is 0 Å². The number of nitro benzene ring substituents is 1. The fourth-order valence-electron chi connectivity index (χ4n) is 2.73. The molecular formula is C12H14N2O3. The predicted octanol–water partition coefficient (Wildman–Crippen LogP) is 1.65. The molecule has 2 heterocycles. The number of nitrogens with one attached hydrogen (secondary N) is 1. The number of para-hydroxylation sites is 1. The second-order valence-electron chi connectivity index (χ2n) is 4.73. The number of fused-ring (bicyclic) bond motifs is 1. The van der Waals surface area contributed by atoms with Gasteiger partial charge in [0, 0.05) is 18.1 Å². The highest BCUT2D eigenvalue weighted by atomic mass is 16.6. The van der Waals surface area contributed by atoms with Crippen molar-refractivity contribution in [1.29, 1.82) is 0 Å². The summed E-state index contributed by atoms with van der Waals surface area (Å²) in [6, 6.07) is 5.18. The van der Waals surface area contributed by atoms with E-state index in [1.54, 1.807) is 6.07 Å². The van der Waals surface area contributed by atoms with Crippen LogP contribution in [-0.2, 0) is 6.42 Å². The van der Waals surface area contributed by atoms with Crippen molar-refractivity contribution in [3.63, 3.8) is 0 Å². The van der Waals surface area contributed by atoms with Crippen LogP contribution in [0.3, 0.4) is 0 Å². The van der Waals surface area contributed by atoms with E-state index in [0.29, 0.717) is 5.75 Å². The van der Waals surface area contributed by atoms with Crippen LogP contribution in [-0.4, -0.2) is 23.6 Å². The molecule has 1 aromatic carbocycles. The van der Waals surface area contributed by atoms with E-state index in [2.05, 4.69) is 5.32 Å². The lowest BCUT2D eigenvalue weighted by Gasteiger charge is -2.32. The van der Waals surface area contributed by atoms with Gasteiger partial charge in [0.25, 0.3) is 0 Å². The number of ether oxygens (including phenoxy) is 1. The molecule has 2 aliphatic heterocycles. The van der Waals surface area contributed by atoms with Crippen molar-refractivity contribution in [1.82, 2.24) is 5.32 Å². The van der Waals surface area contributed by atoms with Crippen LogP contribution in [0.5, 0.6) is 5.75 Å². The lowest BCUT2D eigenvalue weighted by atomic mass is 9.88. The molecule has 0 radical (unpaired) electrons. The molecule has 90 valence electrons. The van der Waals surface area contributed by atoms with Crippen LogP contribution in [0.15, 0.2) is 18.2 Å². The minimum atomic E-state index is -0.362. The molecule has 0 saturated carbocycles. The van der Waals surface area contributed by atoms with Crippen LogP contribution in [0.25, 0.3) is 0 Å². The number of nitrogens with zero attached hydrogens (tertiary/aromatic N) is 1. The Morgan fingerprint density at radius 1 is 1.35 bits per heavy atom. The summed E-state index contributed by atoms with van der Waals surface area (Å²) in [5, 5.41) is 14.2. The van der Waals surface area contributed by atoms with Crippen molar-refractivity contribution in [2.45, 2.75) is 24.9 Å². The largest absolute Gasteiger partial charge is 0.480 e. The molecule has 0 unspecified atom stereocenters. The molecule has 2 aliphatic rings. The molecule has 1 aromatic rings. The van der Waals surface area contributed by atoms with Gasteiger partial charge in [-0.1, -0.05) is 12.1 Å². The Morgan fingerprint density at radius 3 is 2.82 bits per heavy atom. The van der Waals surface area contributed by atoms with Crippen molar-refractivity contribution in [2.75, 3.05) is 13.1 Å². The van der Waals surface area contributed by atoms with Gasteiger partial charge in [-0.25, -0.2) is 0 Å². The number of piperidine rings is 1. The maximum absolute atomic E-state index is 10.9.